The summed E-state index contributed by atoms with van der Waals surface area (Å²) < 4.78 is 0. The highest BCUT2D eigenvalue weighted by Gasteiger charge is 2.22. The fourth-order valence-corrected chi connectivity index (χ4v) is 3.60. The number of hydrogen-bond donors (Lipinski definition) is 2. The van der Waals surface area contributed by atoms with Gasteiger partial charge < -0.3 is 10.4 Å². The molecule has 2 rings (SSSR count). The van der Waals surface area contributed by atoms with Gasteiger partial charge in [-0.05, 0) is 24.8 Å². The molecule has 2 aromatic rings. The second-order valence-electron chi connectivity index (χ2n) is 4.36. The first kappa shape index (κ1) is 15.6. The van der Waals surface area contributed by atoms with Crippen LogP contribution in [0.3, 0.4) is 0 Å². The number of nitro groups is 1. The number of hydrogen-bond acceptors (Lipinski definition) is 6. The molecule has 0 saturated carbocycles. The number of nitrogens with zero attached hydrogens (tertiary/aromatic N) is 1. The molecule has 0 aliphatic carbocycles. The van der Waals surface area contributed by atoms with E-state index in [-0.39, 0.29) is 24.2 Å². The molecule has 1 amide bonds. The van der Waals surface area contributed by atoms with Gasteiger partial charge in [-0.15, -0.1) is 22.7 Å². The summed E-state index contributed by atoms with van der Waals surface area (Å²) in [5, 5.41) is 24.6. The van der Waals surface area contributed by atoms with Crippen LogP contribution in [0.4, 0.5) is 5.69 Å². The third-order valence-electron chi connectivity index (χ3n) is 2.92. The average Bonchev–Trinajstić information content (AvgIpc) is 3.07. The van der Waals surface area contributed by atoms with Crippen LogP contribution in [-0.2, 0) is 0 Å². The zero-order valence-corrected chi connectivity index (χ0v) is 12.9. The van der Waals surface area contributed by atoms with Crippen LogP contribution >= 0.6 is 22.7 Å². The Bertz CT molecular complexity index is 637. The first-order chi connectivity index (χ1) is 10.0. The summed E-state index contributed by atoms with van der Waals surface area (Å²) in [6.45, 7) is 1.57. The van der Waals surface area contributed by atoms with Gasteiger partial charge in [0.25, 0.3) is 11.6 Å². The average molecular weight is 326 g/mol. The van der Waals surface area contributed by atoms with Crippen molar-refractivity contribution in [3.8, 4) is 0 Å². The summed E-state index contributed by atoms with van der Waals surface area (Å²) >= 11 is 2.59. The molecule has 21 heavy (non-hydrogen) atoms. The van der Waals surface area contributed by atoms with Crippen molar-refractivity contribution in [3.05, 3.63) is 48.3 Å². The highest BCUT2D eigenvalue weighted by Crippen LogP contribution is 2.29. The molecular weight excluding hydrogens is 312 g/mol. The lowest BCUT2D eigenvalue weighted by molar-refractivity contribution is -0.385. The highest BCUT2D eigenvalue weighted by atomic mass is 32.1. The van der Waals surface area contributed by atoms with E-state index in [0.717, 1.165) is 16.2 Å². The fraction of sp³-hybridized carbons (Fsp3) is 0.308. The van der Waals surface area contributed by atoms with Crippen LogP contribution in [0.15, 0.2) is 23.6 Å². The normalized spacial score (nSPS) is 12.1. The van der Waals surface area contributed by atoms with Gasteiger partial charge in [-0.1, -0.05) is 6.07 Å². The van der Waals surface area contributed by atoms with Gasteiger partial charge in [0, 0.05) is 17.6 Å². The second kappa shape index (κ2) is 6.79. The molecule has 8 heteroatoms. The molecule has 0 bridgehead atoms. The summed E-state index contributed by atoms with van der Waals surface area (Å²) in [4.78, 5) is 24.3. The molecule has 0 aliphatic heterocycles. The lowest BCUT2D eigenvalue weighted by Crippen LogP contribution is -2.28. The molecule has 0 saturated heterocycles. The van der Waals surface area contributed by atoms with Crippen molar-refractivity contribution in [1.29, 1.82) is 0 Å². The third-order valence-corrected chi connectivity index (χ3v) is 4.95. The number of aliphatic hydroxyl groups excluding tert-OH is 1. The predicted molar refractivity (Wildman–Crippen MR) is 81.9 cm³/mol. The molecule has 112 valence electrons. The van der Waals surface area contributed by atoms with Crippen LogP contribution in [-0.4, -0.2) is 22.5 Å². The second-order valence-corrected chi connectivity index (χ2v) is 6.60. The molecule has 0 radical (unpaired) electrons. The molecule has 6 nitrogen and oxygen atoms in total. The Morgan fingerprint density at radius 2 is 2.33 bits per heavy atom. The number of aliphatic hydroxyl groups is 1. The zero-order valence-electron chi connectivity index (χ0n) is 11.2. The lowest BCUT2D eigenvalue weighted by atomic mass is 10.1. The van der Waals surface area contributed by atoms with Crippen LogP contribution < -0.4 is 5.32 Å². The largest absolute Gasteiger partial charge is 0.396 e. The molecule has 0 unspecified atom stereocenters. The number of amides is 1. The van der Waals surface area contributed by atoms with Crippen molar-refractivity contribution in [2.45, 2.75) is 19.4 Å². The highest BCUT2D eigenvalue weighted by molar-refractivity contribution is 7.14. The van der Waals surface area contributed by atoms with Gasteiger partial charge >= 0.3 is 0 Å². The topological polar surface area (TPSA) is 92.5 Å². The first-order valence-corrected chi connectivity index (χ1v) is 7.92. The summed E-state index contributed by atoms with van der Waals surface area (Å²) in [6, 6.07) is 4.76. The number of aryl methyl sites for hydroxylation is 1. The van der Waals surface area contributed by atoms with E-state index in [1.54, 1.807) is 6.92 Å². The lowest BCUT2D eigenvalue weighted by Gasteiger charge is -2.15. The van der Waals surface area contributed by atoms with Crippen LogP contribution in [0, 0.1) is 17.0 Å². The standard InChI is InChI=1S/C13H14N2O4S2/c1-8-10(15(18)19)7-12(21-8)13(17)14-9(4-5-16)11-3-2-6-20-11/h2-3,6-7,9,16H,4-5H2,1H3,(H,14,17)/t9-/m1/s1. The Labute approximate surface area is 129 Å². The van der Waals surface area contributed by atoms with Gasteiger partial charge in [-0.25, -0.2) is 0 Å². The SMILES string of the molecule is Cc1sc(C(=O)N[C@H](CCO)c2cccs2)cc1[N+](=O)[O-]. The van der Waals surface area contributed by atoms with Crippen molar-refractivity contribution in [2.75, 3.05) is 6.61 Å². The maximum Gasteiger partial charge on any atom is 0.283 e. The van der Waals surface area contributed by atoms with E-state index in [9.17, 15) is 14.9 Å². The molecule has 2 N–H and O–H groups in total. The van der Waals surface area contributed by atoms with E-state index in [1.165, 1.54) is 17.4 Å². The summed E-state index contributed by atoms with van der Waals surface area (Å²) in [6.07, 6.45) is 0.401. The smallest absolute Gasteiger partial charge is 0.283 e. The van der Waals surface area contributed by atoms with Crippen LogP contribution in [0.5, 0.6) is 0 Å². The Morgan fingerprint density at radius 1 is 1.57 bits per heavy atom. The molecule has 2 aromatic heterocycles. The van der Waals surface area contributed by atoms with E-state index in [0.29, 0.717) is 16.2 Å². The minimum absolute atomic E-state index is 0.0417. The monoisotopic (exact) mass is 326 g/mol. The van der Waals surface area contributed by atoms with E-state index in [1.807, 2.05) is 17.5 Å². The third kappa shape index (κ3) is 3.66. The van der Waals surface area contributed by atoms with Gasteiger partial charge in [-0.3, -0.25) is 14.9 Å². The van der Waals surface area contributed by atoms with Gasteiger partial charge in [0.2, 0.25) is 0 Å². The Kier molecular flexibility index (Phi) is 5.05. The molecule has 0 fully saturated rings. The molecule has 0 spiro atoms. The molecule has 0 aliphatic rings. The molecule has 0 aromatic carbocycles. The quantitative estimate of drug-likeness (QED) is 0.630. The maximum atomic E-state index is 12.2. The van der Waals surface area contributed by atoms with Crippen molar-refractivity contribution in [1.82, 2.24) is 5.32 Å². The summed E-state index contributed by atoms with van der Waals surface area (Å²) in [7, 11) is 0. The van der Waals surface area contributed by atoms with Crippen LogP contribution in [0.1, 0.15) is 31.9 Å². The first-order valence-electron chi connectivity index (χ1n) is 6.23. The molecule has 1 atom stereocenters. The predicted octanol–water partition coefficient (Wildman–Crippen LogP) is 2.88. The van der Waals surface area contributed by atoms with Gasteiger partial charge in [0.15, 0.2) is 0 Å². The number of rotatable bonds is 6. The fourth-order valence-electron chi connectivity index (χ4n) is 1.90. The van der Waals surface area contributed by atoms with Crippen molar-refractivity contribution >= 4 is 34.3 Å². The number of nitrogens with one attached hydrogen (secondary N) is 1. The summed E-state index contributed by atoms with van der Waals surface area (Å²) in [5.74, 6) is -0.358. The van der Waals surface area contributed by atoms with Gasteiger partial charge in [0.1, 0.15) is 0 Å². The van der Waals surface area contributed by atoms with Crippen molar-refractivity contribution in [3.63, 3.8) is 0 Å². The van der Waals surface area contributed by atoms with E-state index in [2.05, 4.69) is 5.32 Å². The maximum absolute atomic E-state index is 12.2. The summed E-state index contributed by atoms with van der Waals surface area (Å²) in [5.41, 5.74) is -0.0417. The van der Waals surface area contributed by atoms with Crippen LogP contribution in [0.2, 0.25) is 0 Å². The van der Waals surface area contributed by atoms with E-state index < -0.39 is 4.92 Å². The van der Waals surface area contributed by atoms with E-state index in [4.69, 9.17) is 5.11 Å². The van der Waals surface area contributed by atoms with Gasteiger partial charge in [-0.2, -0.15) is 0 Å². The Morgan fingerprint density at radius 3 is 2.86 bits per heavy atom. The van der Waals surface area contributed by atoms with Crippen molar-refractivity contribution < 1.29 is 14.8 Å². The van der Waals surface area contributed by atoms with E-state index >= 15 is 0 Å². The number of carbonyl (C=O) groups excluding carboxylic acids is 1. The number of thiophene rings is 2. The number of carbonyl (C=O) groups is 1. The van der Waals surface area contributed by atoms with Crippen molar-refractivity contribution in [2.24, 2.45) is 0 Å². The zero-order chi connectivity index (χ0) is 15.4. The Balaban J connectivity index is 2.15. The molecule has 2 heterocycles. The Hall–Kier alpha value is -1.77. The minimum Gasteiger partial charge on any atom is -0.396 e. The van der Waals surface area contributed by atoms with Gasteiger partial charge in [0.05, 0.1) is 20.7 Å². The molecular formula is C13H14N2O4S2. The van der Waals surface area contributed by atoms with Crippen LogP contribution in [0.25, 0.3) is 0 Å². The minimum atomic E-state index is -0.493.